The van der Waals surface area contributed by atoms with Crippen LogP contribution in [0.3, 0.4) is 0 Å². The van der Waals surface area contributed by atoms with Gasteiger partial charge in [0.25, 0.3) is 0 Å². The Kier molecular flexibility index (Phi) is 3.66. The van der Waals surface area contributed by atoms with Crippen LogP contribution in [0.2, 0.25) is 0 Å². The number of pyridine rings is 1. The highest BCUT2D eigenvalue weighted by Crippen LogP contribution is 2.32. The maximum atomic E-state index is 12.1. The molecule has 1 amide bonds. The van der Waals surface area contributed by atoms with Crippen molar-refractivity contribution in [3.63, 3.8) is 0 Å². The summed E-state index contributed by atoms with van der Waals surface area (Å²) in [4.78, 5) is 35.1. The summed E-state index contributed by atoms with van der Waals surface area (Å²) in [5.41, 5.74) is 0.553. The smallest absolute Gasteiger partial charge is 0.326 e. The van der Waals surface area contributed by atoms with Gasteiger partial charge in [-0.25, -0.2) is 4.79 Å². The lowest BCUT2D eigenvalue weighted by Gasteiger charge is -2.15. The summed E-state index contributed by atoms with van der Waals surface area (Å²) < 4.78 is 1.65. The van der Waals surface area contributed by atoms with Crippen LogP contribution in [0, 0.1) is 5.92 Å². The van der Waals surface area contributed by atoms with E-state index in [9.17, 15) is 14.4 Å². The summed E-state index contributed by atoms with van der Waals surface area (Å²) in [6.45, 7) is -0.0166. The van der Waals surface area contributed by atoms with E-state index in [2.05, 4.69) is 5.32 Å². The van der Waals surface area contributed by atoms with Gasteiger partial charge >= 0.3 is 5.97 Å². The first-order valence-corrected chi connectivity index (χ1v) is 7.16. The second-order valence-electron chi connectivity index (χ2n) is 5.55. The fraction of sp³-hybridized carbons (Fsp3) is 0.312. The molecule has 0 radical (unpaired) electrons. The number of carbonyl (C=O) groups excluding carboxylic acids is 1. The number of hydrogen-bond donors (Lipinski definition) is 2. The Labute approximate surface area is 126 Å². The monoisotopic (exact) mass is 300 g/mol. The Morgan fingerprint density at radius 2 is 2.00 bits per heavy atom. The zero-order chi connectivity index (χ0) is 15.7. The standard InChI is InChI=1S/C16H16N2O4/c19-13-7-8-18(12-4-2-1-3-11(12)13)9-14(20)17-15(16(21)22)10-5-6-10/h1-4,7-8,10,15H,5-6,9H2,(H,17,20)(H,21,22). The van der Waals surface area contributed by atoms with E-state index in [1.807, 2.05) is 0 Å². The van der Waals surface area contributed by atoms with E-state index >= 15 is 0 Å². The average Bonchev–Trinajstić information content (AvgIpc) is 3.32. The molecule has 0 bridgehead atoms. The Bertz CT molecular complexity index is 792. The zero-order valence-electron chi connectivity index (χ0n) is 11.9. The van der Waals surface area contributed by atoms with Crippen molar-refractivity contribution in [3.05, 3.63) is 46.8 Å². The highest BCUT2D eigenvalue weighted by atomic mass is 16.4. The number of carbonyl (C=O) groups is 2. The lowest BCUT2D eigenvalue weighted by molar-refractivity contribution is -0.142. The number of hydrogen-bond acceptors (Lipinski definition) is 3. The van der Waals surface area contributed by atoms with E-state index in [1.165, 1.54) is 6.07 Å². The molecule has 2 aromatic rings. The van der Waals surface area contributed by atoms with Crippen molar-refractivity contribution in [1.82, 2.24) is 9.88 Å². The van der Waals surface area contributed by atoms with Crippen LogP contribution in [0.25, 0.3) is 10.9 Å². The molecular formula is C16H16N2O4. The van der Waals surface area contributed by atoms with Gasteiger partial charge in [0.05, 0.1) is 5.52 Å². The third-order valence-electron chi connectivity index (χ3n) is 3.87. The number of carboxylic acid groups (broad SMARTS) is 1. The lowest BCUT2D eigenvalue weighted by atomic mass is 10.2. The Balaban J connectivity index is 1.81. The second-order valence-corrected chi connectivity index (χ2v) is 5.55. The minimum Gasteiger partial charge on any atom is -0.480 e. The summed E-state index contributed by atoms with van der Waals surface area (Å²) in [5.74, 6) is -1.33. The molecule has 0 spiro atoms. The molecule has 1 aliphatic carbocycles. The van der Waals surface area contributed by atoms with E-state index in [0.717, 1.165) is 12.8 Å². The lowest BCUT2D eigenvalue weighted by Crippen LogP contribution is -2.43. The Hall–Kier alpha value is -2.63. The topological polar surface area (TPSA) is 88.4 Å². The van der Waals surface area contributed by atoms with Crippen LogP contribution in [-0.4, -0.2) is 27.6 Å². The molecule has 1 aromatic heterocycles. The van der Waals surface area contributed by atoms with Gasteiger partial charge in [-0.2, -0.15) is 0 Å². The molecule has 2 N–H and O–H groups in total. The average molecular weight is 300 g/mol. The number of rotatable bonds is 5. The molecule has 114 valence electrons. The number of nitrogens with one attached hydrogen (secondary N) is 1. The molecule has 1 aromatic carbocycles. The SMILES string of the molecule is O=C(Cn1ccc(=O)c2ccccc21)NC(C(=O)O)C1CC1. The van der Waals surface area contributed by atoms with Crippen molar-refractivity contribution in [2.75, 3.05) is 0 Å². The van der Waals surface area contributed by atoms with Crippen LogP contribution in [0.5, 0.6) is 0 Å². The van der Waals surface area contributed by atoms with Crippen molar-refractivity contribution < 1.29 is 14.7 Å². The first-order chi connectivity index (χ1) is 10.6. The van der Waals surface area contributed by atoms with Gasteiger partial charge in [0.15, 0.2) is 5.43 Å². The summed E-state index contributed by atoms with van der Waals surface area (Å²) in [6.07, 6.45) is 3.22. The number of nitrogens with zero attached hydrogens (tertiary/aromatic N) is 1. The minimum absolute atomic E-state index is 0.0166. The predicted molar refractivity (Wildman–Crippen MR) is 80.5 cm³/mol. The maximum Gasteiger partial charge on any atom is 0.326 e. The van der Waals surface area contributed by atoms with Gasteiger partial charge in [-0.1, -0.05) is 12.1 Å². The van der Waals surface area contributed by atoms with Crippen LogP contribution in [-0.2, 0) is 16.1 Å². The number of fused-ring (bicyclic) bond motifs is 1. The molecule has 1 aliphatic rings. The summed E-state index contributed by atoms with van der Waals surface area (Å²) in [7, 11) is 0. The van der Waals surface area contributed by atoms with Crippen LogP contribution in [0.1, 0.15) is 12.8 Å². The zero-order valence-corrected chi connectivity index (χ0v) is 11.9. The maximum absolute atomic E-state index is 12.1. The van der Waals surface area contributed by atoms with E-state index in [-0.39, 0.29) is 23.8 Å². The molecular weight excluding hydrogens is 284 g/mol. The summed E-state index contributed by atoms with van der Waals surface area (Å²) in [5, 5.41) is 12.2. The van der Waals surface area contributed by atoms with E-state index in [0.29, 0.717) is 10.9 Å². The number of aliphatic carboxylic acids is 1. The number of para-hydroxylation sites is 1. The molecule has 3 rings (SSSR count). The molecule has 1 unspecified atom stereocenters. The molecule has 0 saturated heterocycles. The molecule has 6 heteroatoms. The van der Waals surface area contributed by atoms with Gasteiger partial charge in [0.2, 0.25) is 5.91 Å². The van der Waals surface area contributed by atoms with Gasteiger partial charge in [-0.3, -0.25) is 9.59 Å². The largest absolute Gasteiger partial charge is 0.480 e. The van der Waals surface area contributed by atoms with Gasteiger partial charge in [0.1, 0.15) is 12.6 Å². The van der Waals surface area contributed by atoms with Crippen LogP contribution >= 0.6 is 0 Å². The van der Waals surface area contributed by atoms with E-state index in [1.54, 1.807) is 35.0 Å². The van der Waals surface area contributed by atoms with Crippen molar-refractivity contribution in [3.8, 4) is 0 Å². The van der Waals surface area contributed by atoms with Crippen LogP contribution in [0.4, 0.5) is 0 Å². The van der Waals surface area contributed by atoms with Crippen LogP contribution in [0.15, 0.2) is 41.3 Å². The molecule has 1 saturated carbocycles. The highest BCUT2D eigenvalue weighted by Gasteiger charge is 2.37. The number of amides is 1. The van der Waals surface area contributed by atoms with Crippen molar-refractivity contribution >= 4 is 22.8 Å². The Morgan fingerprint density at radius 3 is 2.68 bits per heavy atom. The molecule has 1 atom stereocenters. The number of carboxylic acids is 1. The molecule has 0 aliphatic heterocycles. The fourth-order valence-corrected chi connectivity index (χ4v) is 2.58. The predicted octanol–water partition coefficient (Wildman–Crippen LogP) is 0.981. The normalized spacial score (nSPS) is 15.5. The van der Waals surface area contributed by atoms with Gasteiger partial charge in [-0.05, 0) is 30.9 Å². The first-order valence-electron chi connectivity index (χ1n) is 7.16. The fourth-order valence-electron chi connectivity index (χ4n) is 2.58. The third kappa shape index (κ3) is 2.86. The van der Waals surface area contributed by atoms with E-state index < -0.39 is 12.0 Å². The number of benzene rings is 1. The first kappa shape index (κ1) is 14.3. The third-order valence-corrected chi connectivity index (χ3v) is 3.87. The Morgan fingerprint density at radius 1 is 1.27 bits per heavy atom. The molecule has 22 heavy (non-hydrogen) atoms. The van der Waals surface area contributed by atoms with Gasteiger partial charge in [0, 0.05) is 17.6 Å². The molecule has 1 heterocycles. The van der Waals surface area contributed by atoms with Crippen molar-refractivity contribution in [2.45, 2.75) is 25.4 Å². The number of aromatic nitrogens is 1. The van der Waals surface area contributed by atoms with Crippen molar-refractivity contribution in [2.24, 2.45) is 5.92 Å². The van der Waals surface area contributed by atoms with Gasteiger partial charge in [-0.15, -0.1) is 0 Å². The van der Waals surface area contributed by atoms with Gasteiger partial charge < -0.3 is 15.0 Å². The summed E-state index contributed by atoms with van der Waals surface area (Å²) >= 11 is 0. The molecule has 6 nitrogen and oxygen atoms in total. The highest BCUT2D eigenvalue weighted by molar-refractivity contribution is 5.85. The summed E-state index contributed by atoms with van der Waals surface area (Å²) in [6, 6.07) is 7.61. The second kappa shape index (κ2) is 5.63. The quantitative estimate of drug-likeness (QED) is 0.861. The minimum atomic E-state index is -0.999. The van der Waals surface area contributed by atoms with Crippen LogP contribution < -0.4 is 10.7 Å². The van der Waals surface area contributed by atoms with E-state index in [4.69, 9.17) is 5.11 Å². The van der Waals surface area contributed by atoms with Crippen molar-refractivity contribution in [1.29, 1.82) is 0 Å². The molecule has 1 fully saturated rings.